The average Bonchev–Trinajstić information content (AvgIpc) is 3.73. The molecule has 0 aromatic heterocycles. The highest BCUT2D eigenvalue weighted by atomic mass is 32.2. The van der Waals surface area contributed by atoms with Crippen molar-refractivity contribution in [1.29, 1.82) is 0 Å². The molecule has 4 atom stereocenters. The fourth-order valence-corrected chi connectivity index (χ4v) is 4.92. The van der Waals surface area contributed by atoms with Crippen LogP contribution in [0.15, 0.2) is 36.4 Å². The van der Waals surface area contributed by atoms with Crippen LogP contribution in [-0.2, 0) is 4.74 Å². The van der Waals surface area contributed by atoms with Gasteiger partial charge in [-0.3, -0.25) is 0 Å². The maximum absolute atomic E-state index is 4.25. The number of hydrogen-bond acceptors (Lipinski definition) is 2. The molecule has 0 saturated heterocycles. The Kier molecular flexibility index (Phi) is 53.2. The molecule has 1 nitrogen and oxygen atoms in total. The van der Waals surface area contributed by atoms with Gasteiger partial charge < -0.3 is 4.74 Å². The van der Waals surface area contributed by atoms with Crippen LogP contribution in [0.3, 0.4) is 0 Å². The van der Waals surface area contributed by atoms with Gasteiger partial charge in [0.15, 0.2) is 0 Å². The zero-order valence-corrected chi connectivity index (χ0v) is 44.2. The Bertz CT molecular complexity index is 673. The fourth-order valence-electron chi connectivity index (χ4n) is 4.92. The fraction of sp³-hybridized carbons (Fsp3) is 0.885. The summed E-state index contributed by atoms with van der Waals surface area (Å²) < 4.78 is 4.25. The zero-order valence-electron chi connectivity index (χ0n) is 43.4. The first-order valence-electron chi connectivity index (χ1n) is 22.2. The lowest BCUT2D eigenvalue weighted by Crippen LogP contribution is -2.15. The third kappa shape index (κ3) is 80.1. The molecule has 4 rings (SSSR count). The first-order valence-corrected chi connectivity index (χ1v) is 23.9. The van der Waals surface area contributed by atoms with E-state index in [1.807, 2.05) is 62.8 Å². The minimum atomic E-state index is 0.500. The van der Waals surface area contributed by atoms with Crippen LogP contribution < -0.4 is 0 Å². The lowest BCUT2D eigenvalue weighted by molar-refractivity contribution is 0.259. The second-order valence-electron chi connectivity index (χ2n) is 21.5. The monoisotopic (exact) mass is 785 g/mol. The topological polar surface area (TPSA) is 9.23 Å². The van der Waals surface area contributed by atoms with Crippen molar-refractivity contribution in [3.63, 3.8) is 0 Å². The second kappa shape index (κ2) is 42.1. The van der Waals surface area contributed by atoms with Crippen LogP contribution in [-0.4, -0.2) is 26.7 Å². The van der Waals surface area contributed by atoms with Crippen LogP contribution in [0.2, 0.25) is 0 Å². The summed E-state index contributed by atoms with van der Waals surface area (Å²) in [6.07, 6.45) is 15.9. The summed E-state index contributed by atoms with van der Waals surface area (Å²) in [5.41, 5.74) is 2.08. The molecular formula is C52H112OS. The molecule has 0 radical (unpaired) electrons. The molecule has 0 heterocycles. The number of benzene rings is 1. The van der Waals surface area contributed by atoms with Gasteiger partial charge in [-0.25, -0.2) is 0 Å². The van der Waals surface area contributed by atoms with Gasteiger partial charge in [-0.1, -0.05) is 222 Å². The molecule has 2 heteroatoms. The van der Waals surface area contributed by atoms with E-state index in [9.17, 15) is 0 Å². The van der Waals surface area contributed by atoms with Gasteiger partial charge in [0.1, 0.15) is 0 Å². The maximum atomic E-state index is 4.25. The smallest absolute Gasteiger partial charge is 0.0351 e. The third-order valence-electron chi connectivity index (χ3n) is 7.20. The molecule has 3 saturated carbocycles. The number of ether oxygens (including phenoxy) is 1. The van der Waals surface area contributed by atoms with Crippen molar-refractivity contribution in [2.75, 3.05) is 26.7 Å². The Morgan fingerprint density at radius 1 is 0.537 bits per heavy atom. The van der Waals surface area contributed by atoms with Crippen molar-refractivity contribution >= 4 is 11.8 Å². The normalized spacial score (nSPS) is 19.8. The SMILES string of the molecule is CC.CC(C)(C)C.CC(C)(C)C.CC(C)(C)C.CC(C)C.CC1CC2C3CCC(C3)C2C1.CCC.CCC(C)(C)CC.COC.CSC.c1ccccc1. The molecular weight excluding hydrogens is 673 g/mol. The van der Waals surface area contributed by atoms with Gasteiger partial charge in [-0.2, -0.15) is 11.8 Å². The summed E-state index contributed by atoms with van der Waals surface area (Å²) in [7, 11) is 3.25. The summed E-state index contributed by atoms with van der Waals surface area (Å²) >= 11 is 1.75. The van der Waals surface area contributed by atoms with Gasteiger partial charge in [0.25, 0.3) is 0 Å². The molecule has 3 aliphatic carbocycles. The van der Waals surface area contributed by atoms with Crippen LogP contribution in [0.4, 0.5) is 0 Å². The van der Waals surface area contributed by atoms with Gasteiger partial charge in [0, 0.05) is 14.2 Å². The number of fused-ring (bicyclic) bond motifs is 5. The first-order chi connectivity index (χ1) is 24.4. The van der Waals surface area contributed by atoms with E-state index in [1.165, 1.54) is 42.9 Å². The molecule has 54 heavy (non-hydrogen) atoms. The minimum Gasteiger partial charge on any atom is -0.388 e. The Labute approximate surface area is 352 Å². The molecule has 0 N–H and O–H groups in total. The highest BCUT2D eigenvalue weighted by molar-refractivity contribution is 7.97. The van der Waals surface area contributed by atoms with E-state index in [2.05, 4.69) is 157 Å². The number of hydrogen-bond donors (Lipinski definition) is 0. The van der Waals surface area contributed by atoms with Crippen LogP contribution in [0.25, 0.3) is 0 Å². The van der Waals surface area contributed by atoms with E-state index in [0.29, 0.717) is 21.7 Å². The highest BCUT2D eigenvalue weighted by Gasteiger charge is 2.50. The van der Waals surface area contributed by atoms with Crippen molar-refractivity contribution in [2.45, 2.75) is 218 Å². The third-order valence-corrected chi connectivity index (χ3v) is 7.20. The molecule has 0 amide bonds. The van der Waals surface area contributed by atoms with E-state index in [4.69, 9.17) is 0 Å². The van der Waals surface area contributed by atoms with Gasteiger partial charge in [-0.15, -0.1) is 0 Å². The Morgan fingerprint density at radius 3 is 0.833 bits per heavy atom. The summed E-state index contributed by atoms with van der Waals surface area (Å²) in [4.78, 5) is 0. The van der Waals surface area contributed by atoms with Crippen molar-refractivity contribution in [3.8, 4) is 0 Å². The van der Waals surface area contributed by atoms with Gasteiger partial charge in [-0.05, 0) is 102 Å². The Hall–Kier alpha value is -0.470. The average molecular weight is 786 g/mol. The lowest BCUT2D eigenvalue weighted by atomic mass is 9.82. The molecule has 0 spiro atoms. The standard InChI is InChI=1S/C11H18.C7H16.C6H6.3C5H12.C4H10.C3H8.C2H6O.C2H6S.C2H6/c1-7-4-10-8-2-3-9(6-8)11(10)5-7;1-5-7(3,4)6-2;1-2-4-6-5-3-1;3*1-5(2,3)4;1-4(2)3;3*1-3-2;1-2/h7-11H,2-6H2,1H3;5-6H2,1-4H3;1-6H;3*1-4H3;4H,1-3H3;3H2,1-2H3;2*1-2H3;1-2H3. The number of methoxy groups -OCH3 is 1. The van der Waals surface area contributed by atoms with Crippen LogP contribution >= 0.6 is 11.8 Å². The summed E-state index contributed by atoms with van der Waals surface area (Å²) in [6.45, 7) is 52.5. The lowest BCUT2D eigenvalue weighted by Gasteiger charge is -2.23. The highest BCUT2D eigenvalue weighted by Crippen LogP contribution is 2.59. The van der Waals surface area contributed by atoms with E-state index < -0.39 is 0 Å². The predicted octanol–water partition coefficient (Wildman–Crippen LogP) is 19.1. The van der Waals surface area contributed by atoms with E-state index in [-0.39, 0.29) is 0 Å². The largest absolute Gasteiger partial charge is 0.388 e. The molecule has 3 fully saturated rings. The molecule has 1 aromatic rings. The molecule has 332 valence electrons. The summed E-state index contributed by atoms with van der Waals surface area (Å²) in [5.74, 6) is 6.62. The minimum absolute atomic E-state index is 0.500. The number of thioether (sulfide) groups is 1. The summed E-state index contributed by atoms with van der Waals surface area (Å²) in [6, 6.07) is 12.0. The molecule has 4 unspecified atom stereocenters. The quantitative estimate of drug-likeness (QED) is 0.295. The van der Waals surface area contributed by atoms with Gasteiger partial charge in [0.05, 0.1) is 0 Å². The van der Waals surface area contributed by atoms with Crippen molar-refractivity contribution in [3.05, 3.63) is 36.4 Å². The van der Waals surface area contributed by atoms with Crippen molar-refractivity contribution < 1.29 is 4.74 Å². The molecule has 0 aliphatic heterocycles. The summed E-state index contributed by atoms with van der Waals surface area (Å²) in [5, 5.41) is 0. The second-order valence-corrected chi connectivity index (χ2v) is 22.3. The van der Waals surface area contributed by atoms with Crippen LogP contribution in [0, 0.1) is 57.2 Å². The van der Waals surface area contributed by atoms with E-state index >= 15 is 0 Å². The van der Waals surface area contributed by atoms with Gasteiger partial charge >= 0.3 is 0 Å². The van der Waals surface area contributed by atoms with Crippen molar-refractivity contribution in [2.24, 2.45) is 57.2 Å². The Morgan fingerprint density at radius 2 is 0.704 bits per heavy atom. The predicted molar refractivity (Wildman–Crippen MR) is 263 cm³/mol. The van der Waals surface area contributed by atoms with Gasteiger partial charge in [0.2, 0.25) is 0 Å². The number of rotatable bonds is 2. The maximum Gasteiger partial charge on any atom is 0.0351 e. The molecule has 3 aliphatic rings. The first kappa shape index (κ1) is 68.2. The van der Waals surface area contributed by atoms with E-state index in [0.717, 1.165) is 11.8 Å². The van der Waals surface area contributed by atoms with E-state index in [1.54, 1.807) is 58.1 Å². The zero-order chi connectivity index (χ0) is 44.8. The molecule has 2 bridgehead atoms. The van der Waals surface area contributed by atoms with Crippen LogP contribution in [0.5, 0.6) is 0 Å². The van der Waals surface area contributed by atoms with Crippen molar-refractivity contribution in [1.82, 2.24) is 0 Å². The Balaban J connectivity index is -0.0000000937. The van der Waals surface area contributed by atoms with Crippen LogP contribution in [0.1, 0.15) is 218 Å². The molecule has 1 aromatic carbocycles.